The second-order valence-corrected chi connectivity index (χ2v) is 11.4. The van der Waals surface area contributed by atoms with Gasteiger partial charge in [-0.15, -0.1) is 11.3 Å². The van der Waals surface area contributed by atoms with E-state index < -0.39 is 39.1 Å². The predicted octanol–water partition coefficient (Wildman–Crippen LogP) is 5.34. The van der Waals surface area contributed by atoms with E-state index in [0.29, 0.717) is 21.6 Å². The van der Waals surface area contributed by atoms with Gasteiger partial charge >= 0.3 is 0 Å². The number of ketones is 1. The van der Waals surface area contributed by atoms with Gasteiger partial charge in [0.25, 0.3) is 0 Å². The third kappa shape index (κ3) is 5.12. The first-order valence-corrected chi connectivity index (χ1v) is 13.4. The summed E-state index contributed by atoms with van der Waals surface area (Å²) in [6, 6.07) is 18.3. The SMILES string of the molecule is CCS(=O)(=O)c1ccc(C(C(N)=O)c2cc(-c3ccc(F)cc3)c(C(=O)c3cccc(F)c3)s2)cc1. The molecule has 0 aliphatic heterocycles. The first-order chi connectivity index (χ1) is 17.1. The van der Waals surface area contributed by atoms with E-state index in [9.17, 15) is 26.8 Å². The zero-order chi connectivity index (χ0) is 26.0. The summed E-state index contributed by atoms with van der Waals surface area (Å²) in [4.78, 5) is 26.7. The third-order valence-corrected chi connectivity index (χ3v) is 8.67. The van der Waals surface area contributed by atoms with Crippen molar-refractivity contribution < 1.29 is 26.8 Å². The fraction of sp³-hybridized carbons (Fsp3) is 0.111. The molecular formula is C27H21F2NO4S2. The molecule has 0 spiro atoms. The van der Waals surface area contributed by atoms with Crippen molar-refractivity contribution in [3.8, 4) is 11.1 Å². The van der Waals surface area contributed by atoms with Crippen LogP contribution in [0.3, 0.4) is 0 Å². The number of primary amides is 1. The number of hydrogen-bond acceptors (Lipinski definition) is 5. The quantitative estimate of drug-likeness (QED) is 0.315. The largest absolute Gasteiger partial charge is 0.369 e. The van der Waals surface area contributed by atoms with Crippen LogP contribution in [0.15, 0.2) is 83.8 Å². The van der Waals surface area contributed by atoms with E-state index in [-0.39, 0.29) is 21.1 Å². The fourth-order valence-corrected chi connectivity index (χ4v) is 5.99. The molecule has 4 aromatic rings. The van der Waals surface area contributed by atoms with Crippen LogP contribution in [0.5, 0.6) is 0 Å². The molecule has 0 radical (unpaired) electrons. The molecule has 9 heteroatoms. The van der Waals surface area contributed by atoms with E-state index in [1.165, 1.54) is 73.7 Å². The maximum absolute atomic E-state index is 13.8. The highest BCUT2D eigenvalue weighted by atomic mass is 32.2. The third-order valence-electron chi connectivity index (χ3n) is 5.72. The van der Waals surface area contributed by atoms with Crippen LogP contribution in [0.4, 0.5) is 8.78 Å². The van der Waals surface area contributed by atoms with Crippen molar-refractivity contribution in [2.75, 3.05) is 5.75 Å². The smallest absolute Gasteiger partial charge is 0.230 e. The highest BCUT2D eigenvalue weighted by Crippen LogP contribution is 2.39. The van der Waals surface area contributed by atoms with Crippen molar-refractivity contribution in [3.05, 3.63) is 111 Å². The molecule has 4 rings (SSSR count). The Morgan fingerprint density at radius 2 is 1.58 bits per heavy atom. The normalized spacial score (nSPS) is 12.3. The highest BCUT2D eigenvalue weighted by Gasteiger charge is 2.28. The summed E-state index contributed by atoms with van der Waals surface area (Å²) in [5.41, 5.74) is 7.29. The summed E-state index contributed by atoms with van der Waals surface area (Å²) >= 11 is 1.03. The monoisotopic (exact) mass is 525 g/mol. The van der Waals surface area contributed by atoms with E-state index in [1.807, 2.05) is 0 Å². The van der Waals surface area contributed by atoms with Crippen molar-refractivity contribution in [2.45, 2.75) is 17.7 Å². The molecule has 1 unspecified atom stereocenters. The molecular weight excluding hydrogens is 504 g/mol. The zero-order valence-electron chi connectivity index (χ0n) is 19.1. The molecule has 0 bridgehead atoms. The predicted molar refractivity (Wildman–Crippen MR) is 135 cm³/mol. The van der Waals surface area contributed by atoms with Gasteiger partial charge in [0.1, 0.15) is 11.6 Å². The zero-order valence-corrected chi connectivity index (χ0v) is 20.7. The molecule has 0 fully saturated rings. The Morgan fingerprint density at radius 3 is 2.17 bits per heavy atom. The van der Waals surface area contributed by atoms with E-state index in [4.69, 9.17) is 5.73 Å². The molecule has 1 aromatic heterocycles. The molecule has 1 atom stereocenters. The molecule has 36 heavy (non-hydrogen) atoms. The number of benzene rings is 3. The van der Waals surface area contributed by atoms with Crippen molar-refractivity contribution in [1.82, 2.24) is 0 Å². The topological polar surface area (TPSA) is 94.3 Å². The summed E-state index contributed by atoms with van der Waals surface area (Å²) in [5.74, 6) is -3.22. The van der Waals surface area contributed by atoms with Gasteiger partial charge in [0.15, 0.2) is 9.84 Å². The molecule has 2 N–H and O–H groups in total. The average molecular weight is 526 g/mol. The van der Waals surface area contributed by atoms with Gasteiger partial charge in [0.05, 0.1) is 21.4 Å². The van der Waals surface area contributed by atoms with Crippen LogP contribution in [0.2, 0.25) is 0 Å². The Bertz CT molecular complexity index is 1540. The molecule has 3 aromatic carbocycles. The molecule has 1 heterocycles. The number of amides is 1. The second-order valence-electron chi connectivity index (χ2n) is 8.05. The van der Waals surface area contributed by atoms with E-state index in [0.717, 1.165) is 17.4 Å². The summed E-state index contributed by atoms with van der Waals surface area (Å²) in [7, 11) is -3.43. The fourth-order valence-electron chi connectivity index (χ4n) is 3.83. The van der Waals surface area contributed by atoms with Crippen molar-refractivity contribution >= 4 is 32.9 Å². The van der Waals surface area contributed by atoms with Crippen molar-refractivity contribution in [2.24, 2.45) is 5.73 Å². The van der Waals surface area contributed by atoms with Crippen LogP contribution in [-0.4, -0.2) is 25.9 Å². The summed E-state index contributed by atoms with van der Waals surface area (Å²) in [6.07, 6.45) is 0. The molecule has 1 amide bonds. The number of rotatable bonds is 8. The van der Waals surface area contributed by atoms with Gasteiger partial charge in [0.2, 0.25) is 11.7 Å². The van der Waals surface area contributed by atoms with Gasteiger partial charge in [-0.25, -0.2) is 17.2 Å². The van der Waals surface area contributed by atoms with E-state index in [2.05, 4.69) is 0 Å². The van der Waals surface area contributed by atoms with Gasteiger partial charge < -0.3 is 5.73 Å². The lowest BCUT2D eigenvalue weighted by Gasteiger charge is -2.13. The number of nitrogens with two attached hydrogens (primary N) is 1. The lowest BCUT2D eigenvalue weighted by molar-refractivity contribution is -0.118. The number of hydrogen-bond donors (Lipinski definition) is 1. The van der Waals surface area contributed by atoms with Crippen LogP contribution in [0.25, 0.3) is 11.1 Å². The lowest BCUT2D eigenvalue weighted by Crippen LogP contribution is -2.21. The Labute approximate surface area is 211 Å². The van der Waals surface area contributed by atoms with E-state index in [1.54, 1.807) is 6.07 Å². The average Bonchev–Trinajstić information content (AvgIpc) is 3.29. The summed E-state index contributed by atoms with van der Waals surface area (Å²) in [6.45, 7) is 1.54. The Hall–Kier alpha value is -3.69. The summed E-state index contributed by atoms with van der Waals surface area (Å²) in [5, 5.41) is 0. The minimum atomic E-state index is -3.43. The maximum Gasteiger partial charge on any atom is 0.230 e. The number of carbonyl (C=O) groups excluding carboxylic acids is 2. The van der Waals surface area contributed by atoms with Gasteiger partial charge in [0, 0.05) is 16.0 Å². The second kappa shape index (κ2) is 10.1. The first kappa shape index (κ1) is 25.4. The Morgan fingerprint density at radius 1 is 0.917 bits per heavy atom. The van der Waals surface area contributed by atoms with Crippen LogP contribution >= 0.6 is 11.3 Å². The van der Waals surface area contributed by atoms with E-state index >= 15 is 0 Å². The number of sulfone groups is 1. The molecule has 184 valence electrons. The minimum Gasteiger partial charge on any atom is -0.369 e. The highest BCUT2D eigenvalue weighted by molar-refractivity contribution is 7.91. The first-order valence-electron chi connectivity index (χ1n) is 10.9. The van der Waals surface area contributed by atoms with Gasteiger partial charge in [-0.3, -0.25) is 9.59 Å². The minimum absolute atomic E-state index is 0.0664. The van der Waals surface area contributed by atoms with Gasteiger partial charge in [-0.1, -0.05) is 43.3 Å². The maximum atomic E-state index is 13.8. The molecule has 0 aliphatic rings. The molecule has 5 nitrogen and oxygen atoms in total. The van der Waals surface area contributed by atoms with Crippen LogP contribution in [0, 0.1) is 11.6 Å². The molecule has 0 saturated heterocycles. The molecule has 0 saturated carbocycles. The van der Waals surface area contributed by atoms with Crippen molar-refractivity contribution in [1.29, 1.82) is 0 Å². The summed E-state index contributed by atoms with van der Waals surface area (Å²) < 4.78 is 51.7. The van der Waals surface area contributed by atoms with Crippen LogP contribution < -0.4 is 5.73 Å². The Kier molecular flexibility index (Phi) is 7.14. The lowest BCUT2D eigenvalue weighted by atomic mass is 9.94. The standard InChI is InChI=1S/C27H21F2NO4S2/c1-2-36(33,34)21-12-8-17(9-13-21)24(27(30)32)23-15-22(16-6-10-19(28)11-7-16)26(35-23)25(31)18-4-3-5-20(29)14-18/h3-15,24H,2H2,1H3,(H2,30,32). The number of halogens is 2. The van der Waals surface area contributed by atoms with Gasteiger partial charge in [-0.2, -0.15) is 0 Å². The van der Waals surface area contributed by atoms with Gasteiger partial charge in [-0.05, 0) is 53.6 Å². The van der Waals surface area contributed by atoms with Crippen LogP contribution in [0.1, 0.15) is 38.5 Å². The number of thiophene rings is 1. The number of carbonyl (C=O) groups is 2. The molecule has 0 aliphatic carbocycles. The van der Waals surface area contributed by atoms with Crippen LogP contribution in [-0.2, 0) is 14.6 Å². The Balaban J connectivity index is 1.85. The van der Waals surface area contributed by atoms with Crippen molar-refractivity contribution in [3.63, 3.8) is 0 Å².